The van der Waals surface area contributed by atoms with Gasteiger partial charge in [0.15, 0.2) is 0 Å². The molecule has 4 N–H and O–H groups in total. The highest BCUT2D eigenvalue weighted by atomic mass is 35.5. The highest BCUT2D eigenvalue weighted by molar-refractivity contribution is 7.89. The number of aryl methyl sites for hydroxylation is 1. The van der Waals surface area contributed by atoms with E-state index >= 15 is 0 Å². The number of nitrogens with two attached hydrogens (primary N) is 1. The van der Waals surface area contributed by atoms with Gasteiger partial charge in [0.05, 0.1) is 11.1 Å². The second kappa shape index (κ2) is 5.22. The van der Waals surface area contributed by atoms with E-state index in [0.717, 1.165) is 0 Å². The third-order valence-corrected chi connectivity index (χ3v) is 4.07. The minimum absolute atomic E-state index is 0.0769. The summed E-state index contributed by atoms with van der Waals surface area (Å²) in [5.74, 6) is 0. The molecule has 0 amide bonds. The number of sulfonamides is 1. The van der Waals surface area contributed by atoms with Crippen LogP contribution >= 0.6 is 11.6 Å². The van der Waals surface area contributed by atoms with Gasteiger partial charge in [0.2, 0.25) is 10.0 Å². The minimum Gasteiger partial charge on any atom is -0.398 e. The van der Waals surface area contributed by atoms with Crippen molar-refractivity contribution in [2.45, 2.75) is 24.8 Å². The van der Waals surface area contributed by atoms with Gasteiger partial charge in [-0.05, 0) is 31.5 Å². The molecule has 0 fully saturated rings. The van der Waals surface area contributed by atoms with Crippen LogP contribution in [-0.2, 0) is 10.0 Å². The number of aliphatic hydroxyl groups is 1. The largest absolute Gasteiger partial charge is 0.398 e. The van der Waals surface area contributed by atoms with Gasteiger partial charge in [-0.15, -0.1) is 0 Å². The standard InChI is InChI=1S/C10H15ClN2O3S/c1-6-3-8(11)10(4-9(6)12)17(15,16)13-5-7(2)14/h3-4,7,13-14H,5,12H2,1-2H3. The van der Waals surface area contributed by atoms with E-state index in [9.17, 15) is 8.42 Å². The van der Waals surface area contributed by atoms with Crippen LogP contribution in [0.5, 0.6) is 0 Å². The molecular weight excluding hydrogens is 264 g/mol. The first kappa shape index (κ1) is 14.2. The van der Waals surface area contributed by atoms with Crippen LogP contribution in [0.15, 0.2) is 17.0 Å². The molecule has 1 rings (SSSR count). The molecule has 5 nitrogen and oxygen atoms in total. The van der Waals surface area contributed by atoms with Crippen molar-refractivity contribution in [1.29, 1.82) is 0 Å². The van der Waals surface area contributed by atoms with Gasteiger partial charge in [-0.25, -0.2) is 13.1 Å². The lowest BCUT2D eigenvalue weighted by atomic mass is 10.2. The Hall–Kier alpha value is -0.820. The van der Waals surface area contributed by atoms with Crippen LogP contribution in [0.2, 0.25) is 5.02 Å². The Bertz CT molecular complexity index is 515. The second-order valence-corrected chi connectivity index (χ2v) is 5.98. The number of benzene rings is 1. The van der Waals surface area contributed by atoms with Crippen LogP contribution in [0.3, 0.4) is 0 Å². The van der Waals surface area contributed by atoms with E-state index < -0.39 is 16.1 Å². The average Bonchev–Trinajstić information content (AvgIpc) is 2.20. The molecule has 17 heavy (non-hydrogen) atoms. The molecule has 1 atom stereocenters. The topological polar surface area (TPSA) is 92.4 Å². The first-order valence-electron chi connectivity index (χ1n) is 4.97. The lowest BCUT2D eigenvalue weighted by Gasteiger charge is -2.11. The molecule has 0 spiro atoms. The summed E-state index contributed by atoms with van der Waals surface area (Å²) in [5.41, 5.74) is 6.71. The van der Waals surface area contributed by atoms with Crippen LogP contribution in [0.25, 0.3) is 0 Å². The molecular formula is C10H15ClN2O3S. The number of anilines is 1. The Balaban J connectivity index is 3.11. The molecule has 0 aliphatic heterocycles. The zero-order valence-corrected chi connectivity index (χ0v) is 11.1. The third kappa shape index (κ3) is 3.57. The molecule has 1 aromatic rings. The lowest BCUT2D eigenvalue weighted by molar-refractivity contribution is 0.198. The van der Waals surface area contributed by atoms with Crippen LogP contribution in [0, 0.1) is 6.92 Å². The summed E-state index contributed by atoms with van der Waals surface area (Å²) in [4.78, 5) is -0.0806. The van der Waals surface area contributed by atoms with Crippen molar-refractivity contribution in [3.05, 3.63) is 22.7 Å². The first-order chi connectivity index (χ1) is 7.74. The van der Waals surface area contributed by atoms with E-state index in [0.29, 0.717) is 11.3 Å². The van der Waals surface area contributed by atoms with E-state index in [4.69, 9.17) is 22.4 Å². The van der Waals surface area contributed by atoms with Gasteiger partial charge in [-0.2, -0.15) is 0 Å². The predicted octanol–water partition coefficient (Wildman–Crippen LogP) is 0.890. The highest BCUT2D eigenvalue weighted by Crippen LogP contribution is 2.26. The van der Waals surface area contributed by atoms with Crippen molar-refractivity contribution >= 4 is 27.3 Å². The number of hydrogen-bond acceptors (Lipinski definition) is 4. The zero-order valence-electron chi connectivity index (χ0n) is 9.57. The summed E-state index contributed by atoms with van der Waals surface area (Å²) in [6, 6.07) is 2.80. The number of rotatable bonds is 4. The summed E-state index contributed by atoms with van der Waals surface area (Å²) < 4.78 is 26.0. The van der Waals surface area contributed by atoms with Crippen molar-refractivity contribution in [2.75, 3.05) is 12.3 Å². The Labute approximate surface area is 106 Å². The molecule has 0 radical (unpaired) electrons. The van der Waals surface area contributed by atoms with E-state index in [2.05, 4.69) is 4.72 Å². The smallest absolute Gasteiger partial charge is 0.242 e. The summed E-state index contributed by atoms with van der Waals surface area (Å²) in [6.07, 6.45) is -0.772. The maximum absolute atomic E-state index is 11.9. The zero-order chi connectivity index (χ0) is 13.2. The van der Waals surface area contributed by atoms with Gasteiger partial charge in [0.25, 0.3) is 0 Å². The molecule has 0 aliphatic rings. The third-order valence-electron chi connectivity index (χ3n) is 2.18. The fraction of sp³-hybridized carbons (Fsp3) is 0.400. The van der Waals surface area contributed by atoms with Crippen molar-refractivity contribution < 1.29 is 13.5 Å². The number of halogens is 1. The fourth-order valence-electron chi connectivity index (χ4n) is 1.18. The molecule has 0 heterocycles. The SMILES string of the molecule is Cc1cc(Cl)c(S(=O)(=O)NCC(C)O)cc1N. The Morgan fingerprint density at radius 1 is 1.53 bits per heavy atom. The molecule has 0 aromatic heterocycles. The summed E-state index contributed by atoms with van der Waals surface area (Å²) in [7, 11) is -3.75. The Kier molecular flexibility index (Phi) is 4.37. The Morgan fingerprint density at radius 3 is 2.65 bits per heavy atom. The number of hydrogen-bond donors (Lipinski definition) is 3. The van der Waals surface area contributed by atoms with Crippen LogP contribution < -0.4 is 10.5 Å². The molecule has 0 saturated heterocycles. The molecule has 1 unspecified atom stereocenters. The van der Waals surface area contributed by atoms with Crippen molar-refractivity contribution in [3.63, 3.8) is 0 Å². The fourth-order valence-corrected chi connectivity index (χ4v) is 2.92. The molecule has 0 saturated carbocycles. The molecule has 1 aromatic carbocycles. The number of aliphatic hydroxyl groups excluding tert-OH is 1. The van der Waals surface area contributed by atoms with Gasteiger partial charge in [-0.3, -0.25) is 0 Å². The second-order valence-electron chi connectivity index (χ2n) is 3.84. The maximum atomic E-state index is 11.9. The van der Waals surface area contributed by atoms with Crippen LogP contribution in [0.1, 0.15) is 12.5 Å². The van der Waals surface area contributed by atoms with E-state index in [-0.39, 0.29) is 16.5 Å². The minimum atomic E-state index is -3.75. The highest BCUT2D eigenvalue weighted by Gasteiger charge is 2.19. The van der Waals surface area contributed by atoms with Crippen molar-refractivity contribution in [1.82, 2.24) is 4.72 Å². The van der Waals surface area contributed by atoms with Crippen LogP contribution in [-0.4, -0.2) is 26.2 Å². The number of nitrogens with one attached hydrogen (secondary N) is 1. The predicted molar refractivity (Wildman–Crippen MR) is 67.5 cm³/mol. The van der Waals surface area contributed by atoms with Gasteiger partial charge < -0.3 is 10.8 Å². The summed E-state index contributed by atoms with van der Waals surface area (Å²) in [5, 5.41) is 9.15. The lowest BCUT2D eigenvalue weighted by Crippen LogP contribution is -2.30. The normalized spacial score (nSPS) is 13.6. The first-order valence-corrected chi connectivity index (χ1v) is 6.83. The average molecular weight is 279 g/mol. The summed E-state index contributed by atoms with van der Waals surface area (Å²) in [6.45, 7) is 3.14. The van der Waals surface area contributed by atoms with Crippen LogP contribution in [0.4, 0.5) is 5.69 Å². The van der Waals surface area contributed by atoms with Gasteiger partial charge in [0.1, 0.15) is 4.90 Å². The van der Waals surface area contributed by atoms with E-state index in [1.54, 1.807) is 6.92 Å². The van der Waals surface area contributed by atoms with Gasteiger partial charge in [-0.1, -0.05) is 11.6 Å². The molecule has 0 aliphatic carbocycles. The molecule has 7 heteroatoms. The van der Waals surface area contributed by atoms with E-state index in [1.165, 1.54) is 19.1 Å². The summed E-state index contributed by atoms with van der Waals surface area (Å²) >= 11 is 5.86. The van der Waals surface area contributed by atoms with Gasteiger partial charge >= 0.3 is 0 Å². The van der Waals surface area contributed by atoms with E-state index in [1.807, 2.05) is 0 Å². The monoisotopic (exact) mass is 278 g/mol. The van der Waals surface area contributed by atoms with Crippen molar-refractivity contribution in [2.24, 2.45) is 0 Å². The number of nitrogen functional groups attached to an aromatic ring is 1. The molecule has 96 valence electrons. The Morgan fingerprint density at radius 2 is 2.12 bits per heavy atom. The molecule has 0 bridgehead atoms. The van der Waals surface area contributed by atoms with Gasteiger partial charge in [0, 0.05) is 12.2 Å². The maximum Gasteiger partial charge on any atom is 0.242 e. The quantitative estimate of drug-likeness (QED) is 0.713. The van der Waals surface area contributed by atoms with Crippen molar-refractivity contribution in [3.8, 4) is 0 Å².